The molecule has 1 amide bonds. The van der Waals surface area contributed by atoms with Crippen molar-refractivity contribution in [3.63, 3.8) is 0 Å². The van der Waals surface area contributed by atoms with Crippen LogP contribution in [-0.4, -0.2) is 54.9 Å². The van der Waals surface area contributed by atoms with Crippen LogP contribution in [0.25, 0.3) is 16.9 Å². The summed E-state index contributed by atoms with van der Waals surface area (Å²) in [5.41, 5.74) is 3.02. The van der Waals surface area contributed by atoms with E-state index in [9.17, 15) is 4.79 Å². The molecule has 1 aromatic heterocycles. The van der Waals surface area contributed by atoms with Crippen LogP contribution < -0.4 is 10.1 Å². The van der Waals surface area contributed by atoms with Gasteiger partial charge in [-0.05, 0) is 44.4 Å². The summed E-state index contributed by atoms with van der Waals surface area (Å²) < 4.78 is 6.89. The molecule has 140 valence electrons. The zero-order chi connectivity index (χ0) is 19.2. The highest BCUT2D eigenvalue weighted by Gasteiger charge is 2.17. The molecule has 0 saturated heterocycles. The second kappa shape index (κ2) is 8.51. The van der Waals surface area contributed by atoms with E-state index in [1.807, 2.05) is 79.7 Å². The normalized spacial score (nSPS) is 10.8. The summed E-state index contributed by atoms with van der Waals surface area (Å²) in [6, 6.07) is 19.1. The second-order valence-electron chi connectivity index (χ2n) is 6.45. The first kappa shape index (κ1) is 18.7. The number of amides is 1. The van der Waals surface area contributed by atoms with Gasteiger partial charge in [-0.15, -0.1) is 0 Å². The van der Waals surface area contributed by atoms with Crippen molar-refractivity contribution in [1.29, 1.82) is 0 Å². The van der Waals surface area contributed by atoms with Gasteiger partial charge in [0.2, 0.25) is 0 Å². The standard InChI is InChI=1S/C21H24N4O2/c1-24(2)14-13-22-21(26)20-15-19(16-7-5-4-6-8-16)23-25(20)17-9-11-18(27-3)12-10-17/h4-12,15H,13-14H2,1-3H3,(H,22,26). The van der Waals surface area contributed by atoms with Crippen LogP contribution in [0, 0.1) is 0 Å². The van der Waals surface area contributed by atoms with E-state index in [4.69, 9.17) is 4.74 Å². The van der Waals surface area contributed by atoms with Crippen molar-refractivity contribution in [1.82, 2.24) is 20.0 Å². The van der Waals surface area contributed by atoms with Gasteiger partial charge in [-0.1, -0.05) is 30.3 Å². The smallest absolute Gasteiger partial charge is 0.270 e. The summed E-state index contributed by atoms with van der Waals surface area (Å²) in [5, 5.41) is 7.64. The van der Waals surface area contributed by atoms with E-state index in [0.29, 0.717) is 12.2 Å². The topological polar surface area (TPSA) is 59.4 Å². The maximum Gasteiger partial charge on any atom is 0.270 e. The maximum atomic E-state index is 12.8. The first-order valence-corrected chi connectivity index (χ1v) is 8.81. The van der Waals surface area contributed by atoms with E-state index >= 15 is 0 Å². The SMILES string of the molecule is COc1ccc(-n2nc(-c3ccccc3)cc2C(=O)NCCN(C)C)cc1. The lowest BCUT2D eigenvalue weighted by Crippen LogP contribution is -2.32. The van der Waals surface area contributed by atoms with Gasteiger partial charge in [0.05, 0.1) is 18.5 Å². The van der Waals surface area contributed by atoms with Gasteiger partial charge in [-0.2, -0.15) is 5.10 Å². The number of carbonyl (C=O) groups excluding carboxylic acids is 1. The van der Waals surface area contributed by atoms with Crippen LogP contribution in [0.5, 0.6) is 5.75 Å². The molecule has 0 atom stereocenters. The average molecular weight is 364 g/mol. The molecule has 3 aromatic rings. The number of methoxy groups -OCH3 is 1. The number of carbonyl (C=O) groups is 1. The number of hydrogen-bond acceptors (Lipinski definition) is 4. The van der Waals surface area contributed by atoms with Crippen molar-refractivity contribution < 1.29 is 9.53 Å². The van der Waals surface area contributed by atoms with Crippen molar-refractivity contribution >= 4 is 5.91 Å². The van der Waals surface area contributed by atoms with Gasteiger partial charge in [0.25, 0.3) is 5.91 Å². The first-order valence-electron chi connectivity index (χ1n) is 8.81. The van der Waals surface area contributed by atoms with Gasteiger partial charge >= 0.3 is 0 Å². The molecule has 0 bridgehead atoms. The fourth-order valence-electron chi connectivity index (χ4n) is 2.70. The highest BCUT2D eigenvalue weighted by atomic mass is 16.5. The number of likely N-dealkylation sites (N-methyl/N-ethyl adjacent to an activating group) is 1. The Bertz CT molecular complexity index is 886. The van der Waals surface area contributed by atoms with Gasteiger partial charge in [-0.25, -0.2) is 4.68 Å². The van der Waals surface area contributed by atoms with Crippen LogP contribution in [0.4, 0.5) is 0 Å². The molecule has 0 radical (unpaired) electrons. The van der Waals surface area contributed by atoms with Crippen molar-refractivity contribution in [2.45, 2.75) is 0 Å². The highest BCUT2D eigenvalue weighted by Crippen LogP contribution is 2.23. The molecule has 1 N–H and O–H groups in total. The van der Waals surface area contributed by atoms with E-state index in [-0.39, 0.29) is 5.91 Å². The minimum atomic E-state index is -0.151. The van der Waals surface area contributed by atoms with E-state index < -0.39 is 0 Å². The Kier molecular flexibility index (Phi) is 5.88. The molecule has 6 heteroatoms. The minimum absolute atomic E-state index is 0.151. The van der Waals surface area contributed by atoms with Crippen molar-refractivity contribution in [3.8, 4) is 22.7 Å². The third-order valence-electron chi connectivity index (χ3n) is 4.17. The second-order valence-corrected chi connectivity index (χ2v) is 6.45. The Morgan fingerprint density at radius 2 is 1.81 bits per heavy atom. The molecule has 0 aliphatic heterocycles. The average Bonchev–Trinajstić information content (AvgIpc) is 3.14. The van der Waals surface area contributed by atoms with Gasteiger partial charge in [0, 0.05) is 18.7 Å². The van der Waals surface area contributed by atoms with Crippen LogP contribution in [0.1, 0.15) is 10.5 Å². The predicted octanol–water partition coefficient (Wildman–Crippen LogP) is 2.84. The summed E-state index contributed by atoms with van der Waals surface area (Å²) in [7, 11) is 5.57. The highest BCUT2D eigenvalue weighted by molar-refractivity contribution is 5.94. The molecule has 3 rings (SSSR count). The predicted molar refractivity (Wildman–Crippen MR) is 106 cm³/mol. The van der Waals surface area contributed by atoms with Gasteiger partial charge in [0.15, 0.2) is 0 Å². The lowest BCUT2D eigenvalue weighted by Gasteiger charge is -2.11. The molecule has 0 unspecified atom stereocenters. The number of aromatic nitrogens is 2. The summed E-state index contributed by atoms with van der Waals surface area (Å²) in [4.78, 5) is 14.8. The Balaban J connectivity index is 1.96. The molecule has 0 fully saturated rings. The van der Waals surface area contributed by atoms with Crippen molar-refractivity contribution in [2.75, 3.05) is 34.3 Å². The number of rotatable bonds is 7. The van der Waals surface area contributed by atoms with Crippen LogP contribution in [-0.2, 0) is 0 Å². The number of nitrogens with zero attached hydrogens (tertiary/aromatic N) is 3. The van der Waals surface area contributed by atoms with Crippen LogP contribution in [0.3, 0.4) is 0 Å². The van der Waals surface area contributed by atoms with Crippen molar-refractivity contribution in [2.24, 2.45) is 0 Å². The summed E-state index contributed by atoms with van der Waals surface area (Å²) >= 11 is 0. The molecule has 0 aliphatic carbocycles. The zero-order valence-electron chi connectivity index (χ0n) is 15.8. The fraction of sp³-hybridized carbons (Fsp3) is 0.238. The number of hydrogen-bond donors (Lipinski definition) is 1. The molecule has 1 heterocycles. The van der Waals surface area contributed by atoms with E-state index in [0.717, 1.165) is 29.2 Å². The zero-order valence-corrected chi connectivity index (χ0v) is 15.8. The first-order chi connectivity index (χ1) is 13.1. The van der Waals surface area contributed by atoms with Crippen LogP contribution in [0.15, 0.2) is 60.7 Å². The quantitative estimate of drug-likeness (QED) is 0.700. The molecular formula is C21H24N4O2. The van der Waals surface area contributed by atoms with Crippen molar-refractivity contribution in [3.05, 3.63) is 66.4 Å². The molecule has 0 spiro atoms. The fourth-order valence-corrected chi connectivity index (χ4v) is 2.70. The monoisotopic (exact) mass is 364 g/mol. The van der Waals surface area contributed by atoms with E-state index in [1.54, 1.807) is 11.8 Å². The minimum Gasteiger partial charge on any atom is -0.497 e. The summed E-state index contributed by atoms with van der Waals surface area (Å²) in [6.45, 7) is 1.34. The van der Waals surface area contributed by atoms with E-state index in [2.05, 4.69) is 10.4 Å². The van der Waals surface area contributed by atoms with Gasteiger partial charge in [0.1, 0.15) is 11.4 Å². The molecule has 6 nitrogen and oxygen atoms in total. The molecular weight excluding hydrogens is 340 g/mol. The third kappa shape index (κ3) is 4.54. The Hall–Kier alpha value is -3.12. The van der Waals surface area contributed by atoms with Crippen LogP contribution in [0.2, 0.25) is 0 Å². The summed E-state index contributed by atoms with van der Waals surface area (Å²) in [5.74, 6) is 0.605. The molecule has 0 aliphatic rings. The number of nitrogens with one attached hydrogen (secondary N) is 1. The third-order valence-corrected chi connectivity index (χ3v) is 4.17. The maximum absolute atomic E-state index is 12.8. The number of benzene rings is 2. The number of ether oxygens (including phenoxy) is 1. The van der Waals surface area contributed by atoms with Gasteiger partial charge < -0.3 is 15.0 Å². The Labute approximate surface area is 159 Å². The van der Waals surface area contributed by atoms with Crippen LogP contribution >= 0.6 is 0 Å². The molecule has 0 saturated carbocycles. The lowest BCUT2D eigenvalue weighted by atomic mass is 10.1. The van der Waals surface area contributed by atoms with E-state index in [1.165, 1.54) is 0 Å². The molecule has 27 heavy (non-hydrogen) atoms. The molecule has 2 aromatic carbocycles. The summed E-state index contributed by atoms with van der Waals surface area (Å²) in [6.07, 6.45) is 0. The Morgan fingerprint density at radius 1 is 1.11 bits per heavy atom. The largest absolute Gasteiger partial charge is 0.497 e. The van der Waals surface area contributed by atoms with Gasteiger partial charge in [-0.3, -0.25) is 4.79 Å². The Morgan fingerprint density at radius 3 is 2.44 bits per heavy atom. The lowest BCUT2D eigenvalue weighted by molar-refractivity contribution is 0.0943.